The monoisotopic (exact) mass is 397 g/mol. The zero-order chi connectivity index (χ0) is 20.0. The Bertz CT molecular complexity index is 1050. The Morgan fingerprint density at radius 3 is 2.93 bits per heavy atom. The van der Waals surface area contributed by atoms with Crippen LogP contribution in [0.5, 0.6) is 5.88 Å². The van der Waals surface area contributed by atoms with E-state index in [2.05, 4.69) is 20.9 Å². The molecule has 2 fully saturated rings. The van der Waals surface area contributed by atoms with Crippen molar-refractivity contribution in [2.24, 2.45) is 5.92 Å². The lowest BCUT2D eigenvalue weighted by molar-refractivity contribution is -0.117. The first-order chi connectivity index (χ1) is 14.1. The van der Waals surface area contributed by atoms with E-state index in [0.717, 1.165) is 36.0 Å². The van der Waals surface area contributed by atoms with Crippen LogP contribution in [0.1, 0.15) is 18.6 Å². The third-order valence-corrected chi connectivity index (χ3v) is 5.45. The second-order valence-electron chi connectivity index (χ2n) is 7.59. The third-order valence-electron chi connectivity index (χ3n) is 5.45. The van der Waals surface area contributed by atoms with Crippen molar-refractivity contribution < 1.29 is 18.8 Å². The van der Waals surface area contributed by atoms with Crippen molar-refractivity contribution in [2.75, 3.05) is 25.5 Å². The van der Waals surface area contributed by atoms with Gasteiger partial charge < -0.3 is 24.6 Å². The summed E-state index contributed by atoms with van der Waals surface area (Å²) < 4.78 is 18.7. The third kappa shape index (κ3) is 3.47. The number of carbonyl (C=O) groups excluding carboxylic acids is 1. The van der Waals surface area contributed by atoms with Crippen molar-refractivity contribution in [1.29, 1.82) is 0 Å². The average molecular weight is 397 g/mol. The van der Waals surface area contributed by atoms with Gasteiger partial charge in [-0.3, -0.25) is 4.79 Å². The second-order valence-corrected chi connectivity index (χ2v) is 7.59. The molecule has 2 unspecified atom stereocenters. The molecule has 1 saturated carbocycles. The highest BCUT2D eigenvalue weighted by molar-refractivity contribution is 5.93. The highest BCUT2D eigenvalue weighted by Gasteiger charge is 2.31. The lowest BCUT2D eigenvalue weighted by atomic mass is 10.1. The molecule has 0 bridgehead atoms. The van der Waals surface area contributed by atoms with E-state index in [1.807, 2.05) is 31.3 Å². The van der Waals surface area contributed by atoms with Crippen LogP contribution in [0, 0.1) is 12.8 Å². The first kappa shape index (κ1) is 18.1. The van der Waals surface area contributed by atoms with E-state index in [-0.39, 0.29) is 24.0 Å². The Balaban J connectivity index is 1.42. The second kappa shape index (κ2) is 7.16. The Kier molecular flexibility index (Phi) is 4.48. The number of ether oxygens (including phenoxy) is 2. The zero-order valence-electron chi connectivity index (χ0n) is 16.3. The summed E-state index contributed by atoms with van der Waals surface area (Å²) in [6.45, 7) is 3.29. The fourth-order valence-corrected chi connectivity index (χ4v) is 3.67. The minimum absolute atomic E-state index is 0.0326. The lowest BCUT2D eigenvalue weighted by Crippen LogP contribution is -2.31. The van der Waals surface area contributed by atoms with Crippen LogP contribution in [0.2, 0.25) is 0 Å². The van der Waals surface area contributed by atoms with E-state index < -0.39 is 0 Å². The van der Waals surface area contributed by atoms with Crippen LogP contribution in [0.3, 0.4) is 0 Å². The number of nitrogens with zero attached hydrogens (tertiary/aromatic N) is 3. The van der Waals surface area contributed by atoms with Crippen LogP contribution in [-0.2, 0) is 9.53 Å². The summed E-state index contributed by atoms with van der Waals surface area (Å²) in [5, 5.41) is 14.7. The Labute approximate surface area is 167 Å². The van der Waals surface area contributed by atoms with Crippen molar-refractivity contribution in [1.82, 2.24) is 20.1 Å². The maximum absolute atomic E-state index is 12.0. The number of aromatic nitrogens is 3. The van der Waals surface area contributed by atoms with Crippen LogP contribution < -0.4 is 15.4 Å². The maximum Gasteiger partial charge on any atom is 0.262 e. The van der Waals surface area contributed by atoms with Gasteiger partial charge in [0.05, 0.1) is 11.1 Å². The lowest BCUT2D eigenvalue weighted by Gasteiger charge is -2.17. The summed E-state index contributed by atoms with van der Waals surface area (Å²) in [7, 11) is 1.68. The molecule has 2 N–H and O–H groups in total. The number of pyridine rings is 1. The number of anilines is 1. The molecule has 0 radical (unpaired) electrons. The van der Waals surface area contributed by atoms with Gasteiger partial charge in [-0.1, -0.05) is 0 Å². The number of amides is 1. The smallest absolute Gasteiger partial charge is 0.262 e. The van der Waals surface area contributed by atoms with Gasteiger partial charge in [0, 0.05) is 38.4 Å². The van der Waals surface area contributed by atoms with Gasteiger partial charge in [0.25, 0.3) is 5.88 Å². The molecule has 0 aromatic carbocycles. The molecule has 2 atom stereocenters. The summed E-state index contributed by atoms with van der Waals surface area (Å²) in [6.07, 6.45) is 3.60. The molecule has 4 heterocycles. The summed E-state index contributed by atoms with van der Waals surface area (Å²) in [6, 6.07) is 5.77. The van der Waals surface area contributed by atoms with Crippen molar-refractivity contribution >= 4 is 17.2 Å². The number of aryl methyl sites for hydroxylation is 1. The van der Waals surface area contributed by atoms with Gasteiger partial charge in [0.1, 0.15) is 18.0 Å². The quantitative estimate of drug-likeness (QED) is 0.656. The maximum atomic E-state index is 12.0. The standard InChI is InChI=1S/C20H23N5O4/c1-11-18(20(24-29-11)28-16-10-21-9-15(16)27-2)13-5-6-25-14(7-13)8-17(23-25)22-19(26)12-3-4-12/h5-8,12,15-16,21H,3-4,9-10H2,1-2H3,(H,22,23,26). The molecule has 29 heavy (non-hydrogen) atoms. The summed E-state index contributed by atoms with van der Waals surface area (Å²) in [5.74, 6) is 1.85. The number of hydrogen-bond donors (Lipinski definition) is 2. The molecule has 9 nitrogen and oxygen atoms in total. The van der Waals surface area contributed by atoms with Crippen LogP contribution in [0.25, 0.3) is 16.6 Å². The molecule has 1 aliphatic heterocycles. The first-order valence-electron chi connectivity index (χ1n) is 9.79. The van der Waals surface area contributed by atoms with Crippen molar-refractivity contribution in [2.45, 2.75) is 32.0 Å². The molecule has 5 rings (SSSR count). The summed E-state index contributed by atoms with van der Waals surface area (Å²) in [5.41, 5.74) is 2.57. The number of fused-ring (bicyclic) bond motifs is 1. The Morgan fingerprint density at radius 2 is 2.14 bits per heavy atom. The fourth-order valence-electron chi connectivity index (χ4n) is 3.67. The minimum Gasteiger partial charge on any atom is -0.468 e. The number of carbonyl (C=O) groups is 1. The van der Waals surface area contributed by atoms with Crippen molar-refractivity contribution in [3.8, 4) is 17.0 Å². The van der Waals surface area contributed by atoms with Crippen molar-refractivity contribution in [3.05, 3.63) is 30.2 Å². The number of rotatable bonds is 6. The molecule has 9 heteroatoms. The number of nitrogens with one attached hydrogen (secondary N) is 2. The molecule has 0 spiro atoms. The highest BCUT2D eigenvalue weighted by Crippen LogP contribution is 2.35. The number of methoxy groups -OCH3 is 1. The van der Waals surface area contributed by atoms with Crippen molar-refractivity contribution in [3.63, 3.8) is 0 Å². The van der Waals surface area contributed by atoms with Gasteiger partial charge in [0.15, 0.2) is 5.82 Å². The van der Waals surface area contributed by atoms with Crippen LogP contribution in [0.15, 0.2) is 28.9 Å². The molecular weight excluding hydrogens is 374 g/mol. The topological polar surface area (TPSA) is 103 Å². The predicted molar refractivity (Wildman–Crippen MR) is 105 cm³/mol. The summed E-state index contributed by atoms with van der Waals surface area (Å²) in [4.78, 5) is 12.0. The van der Waals surface area contributed by atoms with Gasteiger partial charge in [-0.2, -0.15) is 5.10 Å². The molecule has 2 aliphatic rings. The average Bonchev–Trinajstić information content (AvgIpc) is 3.19. The number of hydrogen-bond acceptors (Lipinski definition) is 7. The van der Waals surface area contributed by atoms with Gasteiger partial charge in [-0.15, -0.1) is 0 Å². The van der Waals surface area contributed by atoms with Gasteiger partial charge >= 0.3 is 0 Å². The molecule has 1 saturated heterocycles. The fraction of sp³-hybridized carbons (Fsp3) is 0.450. The predicted octanol–water partition coefficient (Wildman–Crippen LogP) is 2.01. The van der Waals surface area contributed by atoms with Crippen LogP contribution >= 0.6 is 0 Å². The molecule has 3 aromatic heterocycles. The molecular formula is C20H23N5O4. The zero-order valence-corrected chi connectivity index (χ0v) is 16.3. The van der Waals surface area contributed by atoms with E-state index in [4.69, 9.17) is 14.0 Å². The van der Waals surface area contributed by atoms with E-state index in [1.165, 1.54) is 0 Å². The largest absolute Gasteiger partial charge is 0.468 e. The SMILES string of the molecule is COC1CNCC1Oc1noc(C)c1-c1ccn2nc(NC(=O)C3CC3)cc2c1. The first-order valence-corrected chi connectivity index (χ1v) is 9.79. The minimum atomic E-state index is -0.133. The van der Waals surface area contributed by atoms with Gasteiger partial charge in [0.2, 0.25) is 5.91 Å². The van der Waals surface area contributed by atoms with E-state index in [0.29, 0.717) is 24.0 Å². The normalized spacial score (nSPS) is 21.6. The van der Waals surface area contributed by atoms with E-state index in [1.54, 1.807) is 11.6 Å². The van der Waals surface area contributed by atoms with E-state index in [9.17, 15) is 4.79 Å². The van der Waals surface area contributed by atoms with Crippen LogP contribution in [0.4, 0.5) is 5.82 Å². The highest BCUT2D eigenvalue weighted by atomic mass is 16.6. The van der Waals surface area contributed by atoms with Gasteiger partial charge in [-0.05, 0) is 42.6 Å². The van der Waals surface area contributed by atoms with Crippen LogP contribution in [-0.4, -0.2) is 53.1 Å². The summed E-state index contributed by atoms with van der Waals surface area (Å²) >= 11 is 0. The molecule has 152 valence electrons. The molecule has 3 aromatic rings. The molecule has 1 amide bonds. The van der Waals surface area contributed by atoms with Gasteiger partial charge in [-0.25, -0.2) is 4.52 Å². The Morgan fingerprint density at radius 1 is 1.31 bits per heavy atom. The Hall–Kier alpha value is -2.91. The van der Waals surface area contributed by atoms with E-state index >= 15 is 0 Å². The molecule has 1 aliphatic carbocycles.